The molecule has 0 saturated heterocycles. The maximum Gasteiger partial charge on any atom is 0.268 e. The molecule has 0 aliphatic carbocycles. The molecule has 0 fully saturated rings. The molecule has 1 aliphatic heterocycles. The van der Waals surface area contributed by atoms with Crippen molar-refractivity contribution in [3.8, 4) is 0 Å². The molecule has 0 radical (unpaired) electrons. The standard InChI is InChI=1S/C8H13N3O/c1-5-7-6(4-10(5)2)8(12)9-11(7)3/h5H,4H2,1-3H3,(H,9,12). The second kappa shape index (κ2) is 2.23. The highest BCUT2D eigenvalue weighted by Crippen LogP contribution is 2.28. The van der Waals surface area contributed by atoms with E-state index in [9.17, 15) is 4.79 Å². The summed E-state index contributed by atoms with van der Waals surface area (Å²) < 4.78 is 1.83. The molecule has 0 saturated carbocycles. The second-order valence-electron chi connectivity index (χ2n) is 3.45. The van der Waals surface area contributed by atoms with Crippen LogP contribution in [0.15, 0.2) is 4.79 Å². The number of hydrogen-bond donors (Lipinski definition) is 1. The first-order valence-electron chi connectivity index (χ1n) is 4.09. The Morgan fingerprint density at radius 3 is 2.75 bits per heavy atom. The molecule has 2 rings (SSSR count). The molecule has 0 bridgehead atoms. The Bertz CT molecular complexity index is 363. The molecule has 0 aromatic carbocycles. The van der Waals surface area contributed by atoms with Crippen LogP contribution >= 0.6 is 0 Å². The third-order valence-electron chi connectivity index (χ3n) is 2.68. The van der Waals surface area contributed by atoms with Crippen molar-refractivity contribution < 1.29 is 0 Å². The van der Waals surface area contributed by atoms with Gasteiger partial charge in [-0.25, -0.2) is 0 Å². The van der Waals surface area contributed by atoms with E-state index in [2.05, 4.69) is 16.9 Å². The van der Waals surface area contributed by atoms with Gasteiger partial charge in [-0.3, -0.25) is 19.5 Å². The summed E-state index contributed by atoms with van der Waals surface area (Å²) >= 11 is 0. The van der Waals surface area contributed by atoms with Crippen LogP contribution in [0.1, 0.15) is 24.2 Å². The first-order valence-corrected chi connectivity index (χ1v) is 4.09. The average molecular weight is 167 g/mol. The van der Waals surface area contributed by atoms with Gasteiger partial charge < -0.3 is 0 Å². The van der Waals surface area contributed by atoms with Crippen molar-refractivity contribution >= 4 is 0 Å². The van der Waals surface area contributed by atoms with Crippen LogP contribution in [0.5, 0.6) is 0 Å². The van der Waals surface area contributed by atoms with Gasteiger partial charge in [0.05, 0.1) is 11.3 Å². The average Bonchev–Trinajstić information content (AvgIpc) is 2.41. The SMILES string of the molecule is CC1c2c(c(=O)[nH]n2C)CN1C. The van der Waals surface area contributed by atoms with Crippen molar-refractivity contribution in [3.63, 3.8) is 0 Å². The number of nitrogens with one attached hydrogen (secondary N) is 1. The van der Waals surface area contributed by atoms with Gasteiger partial charge in [0.25, 0.3) is 5.56 Å². The monoisotopic (exact) mass is 167 g/mol. The van der Waals surface area contributed by atoms with E-state index >= 15 is 0 Å². The summed E-state index contributed by atoms with van der Waals surface area (Å²) in [6, 6.07) is 0.351. The highest BCUT2D eigenvalue weighted by Gasteiger charge is 2.29. The molecular weight excluding hydrogens is 154 g/mol. The fraction of sp³-hybridized carbons (Fsp3) is 0.625. The Balaban J connectivity index is 2.63. The lowest BCUT2D eigenvalue weighted by Gasteiger charge is -2.15. The Labute approximate surface area is 70.8 Å². The van der Waals surface area contributed by atoms with E-state index in [1.54, 1.807) is 0 Å². The van der Waals surface area contributed by atoms with Gasteiger partial charge in [-0.05, 0) is 14.0 Å². The van der Waals surface area contributed by atoms with Gasteiger partial charge in [-0.15, -0.1) is 0 Å². The highest BCUT2D eigenvalue weighted by molar-refractivity contribution is 5.25. The normalized spacial score (nSPS) is 23.1. The molecule has 1 aliphatic rings. The van der Waals surface area contributed by atoms with Crippen LogP contribution in [0.4, 0.5) is 0 Å². The number of rotatable bonds is 0. The minimum Gasteiger partial charge on any atom is -0.294 e. The Morgan fingerprint density at radius 2 is 2.17 bits per heavy atom. The van der Waals surface area contributed by atoms with E-state index in [-0.39, 0.29) is 5.56 Å². The molecule has 1 aromatic heterocycles. The van der Waals surface area contributed by atoms with Gasteiger partial charge in [-0.2, -0.15) is 0 Å². The number of nitrogens with zero attached hydrogens (tertiary/aromatic N) is 2. The molecule has 0 spiro atoms. The molecule has 0 amide bonds. The Hall–Kier alpha value is -1.03. The molecule has 2 heterocycles. The van der Waals surface area contributed by atoms with E-state index in [4.69, 9.17) is 0 Å². The van der Waals surface area contributed by atoms with E-state index in [1.165, 1.54) is 0 Å². The molecule has 66 valence electrons. The predicted octanol–water partition coefficient (Wildman–Crippen LogP) is 0.220. The molecule has 4 heteroatoms. The summed E-state index contributed by atoms with van der Waals surface area (Å²) in [6.07, 6.45) is 0. The van der Waals surface area contributed by atoms with Crippen molar-refractivity contribution in [1.29, 1.82) is 0 Å². The number of hydrogen-bond acceptors (Lipinski definition) is 2. The first kappa shape index (κ1) is 7.61. The third kappa shape index (κ3) is 0.783. The van der Waals surface area contributed by atoms with Gasteiger partial charge in [0, 0.05) is 19.6 Å². The van der Waals surface area contributed by atoms with E-state index in [1.807, 2.05) is 18.8 Å². The molecule has 12 heavy (non-hydrogen) atoms. The van der Waals surface area contributed by atoms with Crippen LogP contribution in [-0.4, -0.2) is 21.7 Å². The van der Waals surface area contributed by atoms with Gasteiger partial charge in [-0.1, -0.05) is 0 Å². The van der Waals surface area contributed by atoms with Crippen LogP contribution in [0.3, 0.4) is 0 Å². The maximum absolute atomic E-state index is 11.3. The minimum absolute atomic E-state index is 0.0590. The zero-order valence-corrected chi connectivity index (χ0v) is 7.59. The fourth-order valence-electron chi connectivity index (χ4n) is 1.88. The van der Waals surface area contributed by atoms with E-state index in [0.29, 0.717) is 6.04 Å². The molecule has 1 unspecified atom stereocenters. The summed E-state index contributed by atoms with van der Waals surface area (Å²) in [6.45, 7) is 2.88. The predicted molar refractivity (Wildman–Crippen MR) is 45.9 cm³/mol. The van der Waals surface area contributed by atoms with Crippen LogP contribution in [0.25, 0.3) is 0 Å². The van der Waals surface area contributed by atoms with E-state index < -0.39 is 0 Å². The van der Waals surface area contributed by atoms with Crippen LogP contribution in [-0.2, 0) is 13.6 Å². The molecular formula is C8H13N3O. The second-order valence-corrected chi connectivity index (χ2v) is 3.45. The number of aryl methyl sites for hydroxylation is 1. The largest absolute Gasteiger partial charge is 0.294 e. The minimum atomic E-state index is 0.0590. The van der Waals surface area contributed by atoms with Crippen molar-refractivity contribution in [2.75, 3.05) is 7.05 Å². The lowest BCUT2D eigenvalue weighted by Crippen LogP contribution is -2.18. The molecule has 1 aromatic rings. The fourth-order valence-corrected chi connectivity index (χ4v) is 1.88. The van der Waals surface area contributed by atoms with Gasteiger partial charge in [0.1, 0.15) is 0 Å². The van der Waals surface area contributed by atoms with E-state index in [0.717, 1.165) is 17.8 Å². The van der Waals surface area contributed by atoms with Crippen molar-refractivity contribution in [3.05, 3.63) is 21.6 Å². The van der Waals surface area contributed by atoms with Gasteiger partial charge in [0.2, 0.25) is 0 Å². The zero-order valence-electron chi connectivity index (χ0n) is 7.59. The summed E-state index contributed by atoms with van der Waals surface area (Å²) in [4.78, 5) is 13.5. The Morgan fingerprint density at radius 1 is 1.50 bits per heavy atom. The number of aromatic nitrogens is 2. The van der Waals surface area contributed by atoms with Crippen molar-refractivity contribution in [2.45, 2.75) is 19.5 Å². The number of aromatic amines is 1. The topological polar surface area (TPSA) is 41.0 Å². The summed E-state index contributed by atoms with van der Waals surface area (Å²) in [5, 5.41) is 2.76. The smallest absolute Gasteiger partial charge is 0.268 e. The summed E-state index contributed by atoms with van der Waals surface area (Å²) in [5.41, 5.74) is 2.11. The third-order valence-corrected chi connectivity index (χ3v) is 2.68. The van der Waals surface area contributed by atoms with Crippen LogP contribution in [0.2, 0.25) is 0 Å². The summed E-state index contributed by atoms with van der Waals surface area (Å²) in [7, 11) is 3.92. The van der Waals surface area contributed by atoms with Crippen molar-refractivity contribution in [2.24, 2.45) is 7.05 Å². The quantitative estimate of drug-likeness (QED) is 0.600. The zero-order chi connectivity index (χ0) is 8.88. The molecule has 4 nitrogen and oxygen atoms in total. The number of fused-ring (bicyclic) bond motifs is 1. The lowest BCUT2D eigenvalue weighted by molar-refractivity contribution is 0.276. The molecule has 1 N–H and O–H groups in total. The lowest BCUT2D eigenvalue weighted by atomic mass is 10.2. The first-order chi connectivity index (χ1) is 5.61. The van der Waals surface area contributed by atoms with Gasteiger partial charge >= 0.3 is 0 Å². The highest BCUT2D eigenvalue weighted by atomic mass is 16.1. The molecule has 1 atom stereocenters. The van der Waals surface area contributed by atoms with Crippen LogP contribution < -0.4 is 5.56 Å². The van der Waals surface area contributed by atoms with Crippen LogP contribution in [0, 0.1) is 0 Å². The number of H-pyrrole nitrogens is 1. The maximum atomic E-state index is 11.3. The summed E-state index contributed by atoms with van der Waals surface area (Å²) in [5.74, 6) is 0. The van der Waals surface area contributed by atoms with Crippen molar-refractivity contribution in [1.82, 2.24) is 14.7 Å². The van der Waals surface area contributed by atoms with Gasteiger partial charge in [0.15, 0.2) is 0 Å². The Kier molecular flexibility index (Phi) is 1.41.